The highest BCUT2D eigenvalue weighted by Crippen LogP contribution is 2.30. The van der Waals surface area contributed by atoms with Crippen LogP contribution in [-0.2, 0) is 16.1 Å². The lowest BCUT2D eigenvalue weighted by Crippen LogP contribution is -2.51. The zero-order valence-corrected chi connectivity index (χ0v) is 18.0. The lowest BCUT2D eigenvalue weighted by molar-refractivity contribution is -0.145. The molecule has 0 bridgehead atoms. The minimum Gasteiger partial charge on any atom is -0.497 e. The Kier molecular flexibility index (Phi) is 9.76. The highest BCUT2D eigenvalue weighted by Gasteiger charge is 2.38. The number of hydrogen-bond donors (Lipinski definition) is 2. The minimum atomic E-state index is -0.455. The van der Waals surface area contributed by atoms with Crippen LogP contribution in [0.5, 0.6) is 5.75 Å². The first kappa shape index (κ1) is 24.2. The molecule has 0 aliphatic carbocycles. The van der Waals surface area contributed by atoms with Crippen LogP contribution in [0.3, 0.4) is 0 Å². The van der Waals surface area contributed by atoms with Crippen molar-refractivity contribution in [3.63, 3.8) is 0 Å². The van der Waals surface area contributed by atoms with E-state index in [0.717, 1.165) is 24.2 Å². The molecule has 1 fully saturated rings. The van der Waals surface area contributed by atoms with Crippen LogP contribution in [0.25, 0.3) is 0 Å². The largest absolute Gasteiger partial charge is 0.497 e. The molecule has 2 rings (SSSR count). The Bertz CT molecular complexity index is 616. The molecule has 6 nitrogen and oxygen atoms in total. The maximum Gasteiger partial charge on any atom is 0.230 e. The summed E-state index contributed by atoms with van der Waals surface area (Å²) in [5.74, 6) is 0.971. The van der Waals surface area contributed by atoms with Gasteiger partial charge in [0.15, 0.2) is 0 Å². The van der Waals surface area contributed by atoms with Crippen molar-refractivity contribution in [2.75, 3.05) is 26.7 Å². The topological polar surface area (TPSA) is 84.7 Å². The standard InChI is InChI=1S/C21H33N3O3.ClH/c1-4-21(5-2,15-22)20(26)24-12-10-17(11-13-24)19(25)23-14-16-6-8-18(27-3)9-7-16;/h6-9,17H,4-5,10-15,22H2,1-3H3,(H,23,25);1H. The number of nitrogens with one attached hydrogen (secondary N) is 1. The normalized spacial score (nSPS) is 14.9. The average Bonchev–Trinajstić information content (AvgIpc) is 2.74. The van der Waals surface area contributed by atoms with Gasteiger partial charge in [-0.15, -0.1) is 12.4 Å². The van der Waals surface area contributed by atoms with Gasteiger partial charge in [-0.2, -0.15) is 0 Å². The highest BCUT2D eigenvalue weighted by atomic mass is 35.5. The summed E-state index contributed by atoms with van der Waals surface area (Å²) < 4.78 is 5.14. The van der Waals surface area contributed by atoms with E-state index in [-0.39, 0.29) is 30.1 Å². The Labute approximate surface area is 174 Å². The first-order valence-electron chi connectivity index (χ1n) is 9.89. The predicted molar refractivity (Wildman–Crippen MR) is 113 cm³/mol. The van der Waals surface area contributed by atoms with E-state index in [9.17, 15) is 9.59 Å². The molecule has 0 aromatic heterocycles. The number of amides is 2. The zero-order chi connectivity index (χ0) is 19.9. The number of halogens is 1. The average molecular weight is 412 g/mol. The Balaban J connectivity index is 0.00000392. The van der Waals surface area contributed by atoms with Crippen LogP contribution in [0, 0.1) is 11.3 Å². The summed E-state index contributed by atoms with van der Waals surface area (Å²) in [7, 11) is 1.63. The molecule has 158 valence electrons. The molecule has 2 amide bonds. The maximum absolute atomic E-state index is 12.9. The lowest BCUT2D eigenvalue weighted by atomic mass is 9.80. The predicted octanol–water partition coefficient (Wildman–Crippen LogP) is 2.74. The molecule has 1 aliphatic heterocycles. The Hall–Kier alpha value is -1.79. The fraction of sp³-hybridized carbons (Fsp3) is 0.619. The Morgan fingerprint density at radius 2 is 1.75 bits per heavy atom. The summed E-state index contributed by atoms with van der Waals surface area (Å²) in [5, 5.41) is 3.01. The number of nitrogens with two attached hydrogens (primary N) is 1. The molecule has 0 radical (unpaired) electrons. The molecule has 1 heterocycles. The molecular weight excluding hydrogens is 378 g/mol. The monoisotopic (exact) mass is 411 g/mol. The number of hydrogen-bond acceptors (Lipinski definition) is 4. The van der Waals surface area contributed by atoms with Gasteiger partial charge in [-0.3, -0.25) is 9.59 Å². The molecule has 0 unspecified atom stereocenters. The molecule has 28 heavy (non-hydrogen) atoms. The van der Waals surface area contributed by atoms with Crippen molar-refractivity contribution in [2.45, 2.75) is 46.1 Å². The van der Waals surface area contributed by atoms with Crippen LogP contribution in [0.1, 0.15) is 45.1 Å². The quantitative estimate of drug-likeness (QED) is 0.688. The van der Waals surface area contributed by atoms with E-state index in [1.54, 1.807) is 7.11 Å². The second-order valence-corrected chi connectivity index (χ2v) is 7.32. The summed E-state index contributed by atoms with van der Waals surface area (Å²) >= 11 is 0. The second-order valence-electron chi connectivity index (χ2n) is 7.32. The van der Waals surface area contributed by atoms with Gasteiger partial charge >= 0.3 is 0 Å². The van der Waals surface area contributed by atoms with E-state index in [0.29, 0.717) is 39.0 Å². The van der Waals surface area contributed by atoms with Gasteiger partial charge < -0.3 is 20.7 Å². The third kappa shape index (κ3) is 5.61. The van der Waals surface area contributed by atoms with Crippen LogP contribution in [0.4, 0.5) is 0 Å². The molecule has 0 saturated carbocycles. The number of piperidine rings is 1. The minimum absolute atomic E-state index is 0. The second kappa shape index (κ2) is 11.3. The number of ether oxygens (including phenoxy) is 1. The fourth-order valence-corrected chi connectivity index (χ4v) is 3.69. The van der Waals surface area contributed by atoms with E-state index in [4.69, 9.17) is 10.5 Å². The van der Waals surface area contributed by atoms with Gasteiger partial charge in [-0.25, -0.2) is 0 Å². The molecule has 1 saturated heterocycles. The molecule has 1 aliphatic rings. The van der Waals surface area contributed by atoms with Crippen molar-refractivity contribution < 1.29 is 14.3 Å². The van der Waals surface area contributed by atoms with Crippen molar-refractivity contribution in [2.24, 2.45) is 17.1 Å². The van der Waals surface area contributed by atoms with Crippen molar-refractivity contribution in [1.82, 2.24) is 10.2 Å². The van der Waals surface area contributed by atoms with E-state index >= 15 is 0 Å². The van der Waals surface area contributed by atoms with E-state index in [2.05, 4.69) is 5.32 Å². The van der Waals surface area contributed by atoms with Gasteiger partial charge in [0.25, 0.3) is 0 Å². The smallest absolute Gasteiger partial charge is 0.230 e. The summed E-state index contributed by atoms with van der Waals surface area (Å²) in [5.41, 5.74) is 6.49. The number of methoxy groups -OCH3 is 1. The number of likely N-dealkylation sites (tertiary alicyclic amines) is 1. The molecule has 1 aromatic rings. The Morgan fingerprint density at radius 3 is 2.21 bits per heavy atom. The summed E-state index contributed by atoms with van der Waals surface area (Å²) in [6.45, 7) is 6.18. The maximum atomic E-state index is 12.9. The van der Waals surface area contributed by atoms with Gasteiger partial charge in [0.2, 0.25) is 11.8 Å². The number of benzene rings is 1. The van der Waals surface area contributed by atoms with Crippen LogP contribution < -0.4 is 15.8 Å². The Morgan fingerprint density at radius 1 is 1.18 bits per heavy atom. The molecule has 3 N–H and O–H groups in total. The summed E-state index contributed by atoms with van der Waals surface area (Å²) in [6, 6.07) is 7.66. The van der Waals surface area contributed by atoms with Crippen molar-refractivity contribution >= 4 is 24.2 Å². The molecule has 1 aromatic carbocycles. The summed E-state index contributed by atoms with van der Waals surface area (Å²) in [6.07, 6.45) is 2.91. The molecule has 0 spiro atoms. The first-order valence-corrected chi connectivity index (χ1v) is 9.89. The SMILES string of the molecule is CCC(CC)(CN)C(=O)N1CCC(C(=O)NCc2ccc(OC)cc2)CC1.Cl. The first-order chi connectivity index (χ1) is 13.0. The number of carbonyl (C=O) groups is 2. The van der Waals surface area contributed by atoms with Gasteiger partial charge in [0, 0.05) is 32.1 Å². The molecular formula is C21H34ClN3O3. The van der Waals surface area contributed by atoms with Crippen molar-refractivity contribution in [3.05, 3.63) is 29.8 Å². The van der Waals surface area contributed by atoms with E-state index < -0.39 is 5.41 Å². The van der Waals surface area contributed by atoms with Crippen molar-refractivity contribution in [3.8, 4) is 5.75 Å². The summed E-state index contributed by atoms with van der Waals surface area (Å²) in [4.78, 5) is 27.3. The fourth-order valence-electron chi connectivity index (χ4n) is 3.69. The number of rotatable bonds is 8. The van der Waals surface area contributed by atoms with Gasteiger partial charge in [0.05, 0.1) is 12.5 Å². The highest BCUT2D eigenvalue weighted by molar-refractivity contribution is 5.85. The van der Waals surface area contributed by atoms with Crippen LogP contribution in [0.15, 0.2) is 24.3 Å². The number of carbonyl (C=O) groups excluding carboxylic acids is 2. The van der Waals surface area contributed by atoms with E-state index in [1.807, 2.05) is 43.0 Å². The van der Waals surface area contributed by atoms with Crippen molar-refractivity contribution in [1.29, 1.82) is 0 Å². The van der Waals surface area contributed by atoms with E-state index in [1.165, 1.54) is 0 Å². The van der Waals surface area contributed by atoms with Crippen LogP contribution in [-0.4, -0.2) is 43.5 Å². The van der Waals surface area contributed by atoms with Gasteiger partial charge in [-0.1, -0.05) is 26.0 Å². The third-order valence-electron chi connectivity index (χ3n) is 5.98. The zero-order valence-electron chi connectivity index (χ0n) is 17.2. The third-order valence-corrected chi connectivity index (χ3v) is 5.98. The van der Waals surface area contributed by atoms with Crippen LogP contribution >= 0.6 is 12.4 Å². The molecule has 0 atom stereocenters. The van der Waals surface area contributed by atoms with Crippen LogP contribution in [0.2, 0.25) is 0 Å². The van der Waals surface area contributed by atoms with Gasteiger partial charge in [0.1, 0.15) is 5.75 Å². The number of nitrogens with zero attached hydrogens (tertiary/aromatic N) is 1. The lowest BCUT2D eigenvalue weighted by Gasteiger charge is -2.38. The molecule has 7 heteroatoms. The van der Waals surface area contributed by atoms with Gasteiger partial charge in [-0.05, 0) is 43.4 Å².